The fourth-order valence-corrected chi connectivity index (χ4v) is 12.3. The van der Waals surface area contributed by atoms with Gasteiger partial charge >= 0.3 is 11.9 Å². The van der Waals surface area contributed by atoms with Gasteiger partial charge in [-0.05, 0) is 43.1 Å². The third-order valence-corrected chi connectivity index (χ3v) is 17.2. The van der Waals surface area contributed by atoms with Crippen molar-refractivity contribution in [3.8, 4) is 0 Å². The van der Waals surface area contributed by atoms with Gasteiger partial charge in [0.1, 0.15) is 17.8 Å². The minimum Gasteiger partial charge on any atom is -0.455 e. The Hall–Kier alpha value is -2.44. The Morgan fingerprint density at radius 1 is 1.04 bits per heavy atom. The summed E-state index contributed by atoms with van der Waals surface area (Å²) in [6, 6.07) is 10.6. The maximum atomic E-state index is 15.1. The molecule has 4 aliphatic rings. The highest BCUT2D eigenvalue weighted by atomic mass is 28.4. The van der Waals surface area contributed by atoms with Crippen LogP contribution in [0.3, 0.4) is 0 Å². The summed E-state index contributed by atoms with van der Waals surface area (Å²) < 4.78 is 25.7. The third-order valence-electron chi connectivity index (χ3n) is 12.5. The number of benzene rings is 1. The molecule has 2 N–H and O–H groups in total. The SMILES string of the molecule is CC[Si](CC)(CC)O[C@H]1C[C@H]2OC[C@@]2(OC(C)=O)C2[C@H](OC(=O)c3ccccc3)[C@]3(O)C[C@H](O)C(C)C(C(=O)C(=O)[C@@]21C)C3(C)C. The van der Waals surface area contributed by atoms with Gasteiger partial charge < -0.3 is 28.8 Å². The van der Waals surface area contributed by atoms with Gasteiger partial charge in [0, 0.05) is 31.1 Å². The summed E-state index contributed by atoms with van der Waals surface area (Å²) in [6.45, 7) is 14.1. The Labute approximate surface area is 272 Å². The highest BCUT2D eigenvalue weighted by Crippen LogP contribution is 2.65. The average molecular weight is 659 g/mol. The number of hydrogen-bond donors (Lipinski definition) is 2. The van der Waals surface area contributed by atoms with Crippen LogP contribution >= 0.6 is 0 Å². The fourth-order valence-electron chi connectivity index (χ4n) is 9.40. The summed E-state index contributed by atoms with van der Waals surface area (Å²) in [5.41, 5.74) is -6.35. The largest absolute Gasteiger partial charge is 0.455 e. The van der Waals surface area contributed by atoms with Crippen LogP contribution in [0.1, 0.15) is 78.6 Å². The minimum atomic E-state index is -2.44. The summed E-state index contributed by atoms with van der Waals surface area (Å²) >= 11 is 0. The Morgan fingerprint density at radius 3 is 2.17 bits per heavy atom. The van der Waals surface area contributed by atoms with Gasteiger partial charge in [0.2, 0.25) is 11.6 Å². The second-order valence-corrected chi connectivity index (χ2v) is 19.6. The fraction of sp³-hybridized carbons (Fsp3) is 0.714. The second kappa shape index (κ2) is 11.9. The lowest BCUT2D eigenvalue weighted by molar-refractivity contribution is -0.348. The first-order chi connectivity index (χ1) is 21.5. The lowest BCUT2D eigenvalue weighted by Crippen LogP contribution is -2.83. The predicted molar refractivity (Wildman–Crippen MR) is 170 cm³/mol. The van der Waals surface area contributed by atoms with E-state index in [-0.39, 0.29) is 25.0 Å². The van der Waals surface area contributed by atoms with E-state index in [0.29, 0.717) is 0 Å². The Kier molecular flexibility index (Phi) is 9.03. The molecule has 1 aliphatic heterocycles. The molecule has 3 aliphatic carbocycles. The second-order valence-electron chi connectivity index (χ2n) is 14.8. The van der Waals surface area contributed by atoms with Gasteiger partial charge in [-0.3, -0.25) is 14.4 Å². The van der Waals surface area contributed by atoms with E-state index < -0.39 is 96.0 Å². The van der Waals surface area contributed by atoms with Gasteiger partial charge in [-0.2, -0.15) is 0 Å². The van der Waals surface area contributed by atoms with Gasteiger partial charge in [0.05, 0.1) is 35.7 Å². The number of rotatable bonds is 8. The molecule has 5 rings (SSSR count). The normalized spacial score (nSPS) is 40.0. The molecule has 0 aromatic heterocycles. The average Bonchev–Trinajstić information content (AvgIpc) is 3.01. The van der Waals surface area contributed by atoms with E-state index >= 15 is 4.79 Å². The topological polar surface area (TPSA) is 146 Å². The van der Waals surface area contributed by atoms with Crippen LogP contribution in [-0.2, 0) is 33.0 Å². The maximum Gasteiger partial charge on any atom is 0.338 e. The molecule has 1 saturated heterocycles. The lowest BCUT2D eigenvalue weighted by Gasteiger charge is -2.68. The molecular weight excluding hydrogens is 608 g/mol. The van der Waals surface area contributed by atoms with Crippen LogP contribution in [0, 0.1) is 28.6 Å². The molecule has 10 nitrogen and oxygen atoms in total. The summed E-state index contributed by atoms with van der Waals surface area (Å²) in [7, 11) is -2.44. The molecule has 4 fully saturated rings. The summed E-state index contributed by atoms with van der Waals surface area (Å²) in [5.74, 6) is -5.82. The third kappa shape index (κ3) is 4.86. The van der Waals surface area contributed by atoms with Crippen LogP contribution in [-0.4, -0.2) is 84.3 Å². The summed E-state index contributed by atoms with van der Waals surface area (Å²) in [5, 5.41) is 24.4. The Morgan fingerprint density at radius 2 is 1.65 bits per heavy atom. The first-order valence-corrected chi connectivity index (χ1v) is 19.3. The number of esters is 2. The zero-order valence-corrected chi connectivity index (χ0v) is 29.3. The molecule has 2 bridgehead atoms. The van der Waals surface area contributed by atoms with Crippen molar-refractivity contribution in [2.75, 3.05) is 6.61 Å². The van der Waals surface area contributed by atoms with E-state index in [0.717, 1.165) is 18.1 Å². The number of hydrogen-bond acceptors (Lipinski definition) is 10. The number of carbonyl (C=O) groups excluding carboxylic acids is 4. The standard InChI is InChI=1S/C35H50O10Si/c1-9-46(10-2,11-3)45-24-17-25-34(19-42-25,44-21(5)36)28-30(43-31(40)22-15-13-12-14-16-22)35(41)18-23(37)20(4)26(32(35,6)7)27(38)29(39)33(24,28)8/h12-16,20,23-26,28,30,37,41H,9-11,17-19H2,1-8H3/t20?,23-,24-,25+,26?,28?,30-,33+,34-,35+/m0/s1. The van der Waals surface area contributed by atoms with E-state index in [1.165, 1.54) is 6.92 Å². The highest BCUT2D eigenvalue weighted by molar-refractivity contribution is 6.73. The molecule has 1 aromatic carbocycles. The van der Waals surface area contributed by atoms with Gasteiger partial charge in [-0.15, -0.1) is 0 Å². The van der Waals surface area contributed by atoms with Crippen molar-refractivity contribution in [2.24, 2.45) is 28.6 Å². The molecule has 0 radical (unpaired) electrons. The molecule has 46 heavy (non-hydrogen) atoms. The van der Waals surface area contributed by atoms with Crippen molar-refractivity contribution < 1.29 is 48.0 Å². The number of Topliss-reactive ketones (excluding diaryl/α,β-unsaturated/α-hetero) is 2. The first-order valence-electron chi connectivity index (χ1n) is 16.7. The van der Waals surface area contributed by atoms with Crippen molar-refractivity contribution in [2.45, 2.75) is 122 Å². The van der Waals surface area contributed by atoms with Crippen molar-refractivity contribution in [3.63, 3.8) is 0 Å². The quantitative estimate of drug-likeness (QED) is 0.236. The molecule has 0 spiro atoms. The maximum absolute atomic E-state index is 15.1. The Balaban J connectivity index is 1.82. The number of ketones is 2. The highest BCUT2D eigenvalue weighted by Gasteiger charge is 2.79. The van der Waals surface area contributed by atoms with Crippen LogP contribution in [0.15, 0.2) is 30.3 Å². The van der Waals surface area contributed by atoms with Gasteiger partial charge in [-0.1, -0.05) is 59.7 Å². The van der Waals surface area contributed by atoms with Gasteiger partial charge in [-0.25, -0.2) is 4.79 Å². The molecule has 3 saturated carbocycles. The number of fused-ring (bicyclic) bond motifs is 5. The number of ether oxygens (including phenoxy) is 3. The van der Waals surface area contributed by atoms with Crippen molar-refractivity contribution in [3.05, 3.63) is 35.9 Å². The van der Waals surface area contributed by atoms with Crippen LogP contribution in [0.2, 0.25) is 18.1 Å². The molecular formula is C35H50O10Si. The van der Waals surface area contributed by atoms with E-state index in [9.17, 15) is 24.6 Å². The zero-order chi connectivity index (χ0) is 34.0. The van der Waals surface area contributed by atoms with Gasteiger partial charge in [0.25, 0.3) is 0 Å². The van der Waals surface area contributed by atoms with Crippen LogP contribution in [0.5, 0.6) is 0 Å². The van der Waals surface area contributed by atoms with Crippen molar-refractivity contribution in [1.29, 1.82) is 0 Å². The van der Waals surface area contributed by atoms with E-state index in [1.807, 2.05) is 0 Å². The molecule has 0 amide bonds. The summed E-state index contributed by atoms with van der Waals surface area (Å²) in [6.07, 6.45) is -4.33. The van der Waals surface area contributed by atoms with Crippen molar-refractivity contribution >= 4 is 31.8 Å². The first kappa shape index (κ1) is 34.9. The van der Waals surface area contributed by atoms with Crippen LogP contribution < -0.4 is 0 Å². The minimum absolute atomic E-state index is 0.123. The molecule has 10 atom stereocenters. The number of carbonyl (C=O) groups is 4. The number of aliphatic hydroxyl groups excluding tert-OH is 1. The molecule has 11 heteroatoms. The Bertz CT molecular complexity index is 1370. The smallest absolute Gasteiger partial charge is 0.338 e. The number of aliphatic hydroxyl groups is 2. The monoisotopic (exact) mass is 658 g/mol. The molecule has 254 valence electrons. The van der Waals surface area contributed by atoms with Crippen LogP contribution in [0.4, 0.5) is 0 Å². The van der Waals surface area contributed by atoms with E-state index in [2.05, 4.69) is 20.8 Å². The molecule has 1 heterocycles. The zero-order valence-electron chi connectivity index (χ0n) is 28.3. The van der Waals surface area contributed by atoms with Gasteiger partial charge in [0.15, 0.2) is 13.9 Å². The molecule has 3 unspecified atom stereocenters. The van der Waals surface area contributed by atoms with E-state index in [4.69, 9.17) is 18.6 Å². The van der Waals surface area contributed by atoms with Crippen molar-refractivity contribution in [1.82, 2.24) is 0 Å². The van der Waals surface area contributed by atoms with E-state index in [1.54, 1.807) is 58.0 Å². The summed E-state index contributed by atoms with van der Waals surface area (Å²) in [4.78, 5) is 56.5. The molecule has 1 aromatic rings. The lowest BCUT2D eigenvalue weighted by atomic mass is 9.42. The predicted octanol–water partition coefficient (Wildman–Crippen LogP) is 4.26. The van der Waals surface area contributed by atoms with Crippen LogP contribution in [0.25, 0.3) is 0 Å².